The average molecular weight is 437 g/mol. The summed E-state index contributed by atoms with van der Waals surface area (Å²) in [7, 11) is 0. The summed E-state index contributed by atoms with van der Waals surface area (Å²) in [5, 5.41) is 3.43. The van der Waals surface area contributed by atoms with Gasteiger partial charge in [-0.15, -0.1) is 24.8 Å². The van der Waals surface area contributed by atoms with Crippen LogP contribution in [0.15, 0.2) is 54.9 Å². The molecule has 2 aliphatic rings. The van der Waals surface area contributed by atoms with E-state index in [0.717, 1.165) is 57.7 Å². The molecule has 7 heteroatoms. The van der Waals surface area contributed by atoms with Crippen molar-refractivity contribution in [3.8, 4) is 0 Å². The first-order valence-electron chi connectivity index (χ1n) is 9.98. The number of halogens is 2. The number of aromatic nitrogens is 1. The number of benzene rings is 1. The molecule has 0 spiro atoms. The highest BCUT2D eigenvalue weighted by atomic mass is 35.5. The van der Waals surface area contributed by atoms with Gasteiger partial charge in [-0.2, -0.15) is 0 Å². The molecule has 1 unspecified atom stereocenters. The van der Waals surface area contributed by atoms with Gasteiger partial charge in [0.1, 0.15) is 0 Å². The highest BCUT2D eigenvalue weighted by molar-refractivity contribution is 5.85. The van der Waals surface area contributed by atoms with E-state index in [0.29, 0.717) is 5.91 Å². The van der Waals surface area contributed by atoms with Crippen molar-refractivity contribution in [1.82, 2.24) is 20.1 Å². The van der Waals surface area contributed by atoms with Crippen LogP contribution in [0, 0.1) is 5.92 Å². The van der Waals surface area contributed by atoms with Gasteiger partial charge in [0.2, 0.25) is 5.91 Å². The van der Waals surface area contributed by atoms with Gasteiger partial charge in [-0.25, -0.2) is 0 Å². The summed E-state index contributed by atoms with van der Waals surface area (Å²) >= 11 is 0. The van der Waals surface area contributed by atoms with Gasteiger partial charge < -0.3 is 10.2 Å². The average Bonchev–Trinajstić information content (AvgIpc) is 2.75. The lowest BCUT2D eigenvalue weighted by molar-refractivity contribution is -0.140. The number of nitrogens with zero attached hydrogens (tertiary/aromatic N) is 3. The first kappa shape index (κ1) is 23.6. The third-order valence-electron chi connectivity index (χ3n) is 5.78. The third kappa shape index (κ3) is 5.92. The predicted molar refractivity (Wildman–Crippen MR) is 120 cm³/mol. The maximum Gasteiger partial charge on any atom is 0.226 e. The molecule has 5 nitrogen and oxygen atoms in total. The molecule has 158 valence electrons. The quantitative estimate of drug-likeness (QED) is 0.798. The zero-order valence-corrected chi connectivity index (χ0v) is 18.2. The number of hydrogen-bond acceptors (Lipinski definition) is 4. The van der Waals surface area contributed by atoms with Crippen molar-refractivity contribution in [2.45, 2.75) is 25.4 Å². The Hall–Kier alpha value is -1.66. The molecule has 0 aliphatic carbocycles. The lowest BCUT2D eigenvalue weighted by Gasteiger charge is -2.40. The van der Waals surface area contributed by atoms with Crippen molar-refractivity contribution in [3.05, 3.63) is 66.0 Å². The van der Waals surface area contributed by atoms with Crippen LogP contribution < -0.4 is 5.32 Å². The Labute approximate surface area is 185 Å². The van der Waals surface area contributed by atoms with Crippen molar-refractivity contribution in [3.63, 3.8) is 0 Å². The molecule has 2 fully saturated rings. The fourth-order valence-corrected chi connectivity index (χ4v) is 4.25. The summed E-state index contributed by atoms with van der Waals surface area (Å²) in [4.78, 5) is 22.1. The van der Waals surface area contributed by atoms with Crippen LogP contribution in [0.1, 0.15) is 30.0 Å². The fraction of sp³-hybridized carbons (Fsp3) is 0.455. The van der Waals surface area contributed by atoms with E-state index in [9.17, 15) is 4.79 Å². The van der Waals surface area contributed by atoms with E-state index in [1.54, 1.807) is 6.20 Å². The minimum Gasteiger partial charge on any atom is -0.333 e. The van der Waals surface area contributed by atoms with Crippen LogP contribution in [0.4, 0.5) is 0 Å². The largest absolute Gasteiger partial charge is 0.333 e. The molecule has 29 heavy (non-hydrogen) atoms. The van der Waals surface area contributed by atoms with Gasteiger partial charge in [0.15, 0.2) is 0 Å². The maximum absolute atomic E-state index is 13.3. The highest BCUT2D eigenvalue weighted by Crippen LogP contribution is 2.27. The van der Waals surface area contributed by atoms with E-state index < -0.39 is 0 Å². The SMILES string of the molecule is Cl.Cl.O=C(C1CCN(Cc2ccccc2)CC1)N1CCNCC1c1cccnc1. The predicted octanol–water partition coefficient (Wildman–Crippen LogP) is 3.31. The Bertz CT molecular complexity index is 739. The van der Waals surface area contributed by atoms with Gasteiger partial charge in [-0.05, 0) is 43.1 Å². The van der Waals surface area contributed by atoms with Crippen LogP contribution in [-0.4, -0.2) is 53.4 Å². The van der Waals surface area contributed by atoms with Crippen LogP contribution >= 0.6 is 24.8 Å². The second kappa shape index (κ2) is 11.5. The number of hydrogen-bond donors (Lipinski definition) is 1. The Balaban J connectivity index is 0.00000150. The molecule has 1 aromatic heterocycles. The molecular weight excluding hydrogens is 407 g/mol. The van der Waals surface area contributed by atoms with E-state index in [-0.39, 0.29) is 36.8 Å². The summed E-state index contributed by atoms with van der Waals surface area (Å²) < 4.78 is 0. The molecule has 0 radical (unpaired) electrons. The number of piperazine rings is 1. The van der Waals surface area contributed by atoms with Gasteiger partial charge in [0, 0.05) is 44.5 Å². The van der Waals surface area contributed by atoms with Gasteiger partial charge in [-0.1, -0.05) is 36.4 Å². The molecule has 4 rings (SSSR count). The summed E-state index contributed by atoms with van der Waals surface area (Å²) in [6, 6.07) is 14.7. The monoisotopic (exact) mass is 436 g/mol. The number of nitrogens with one attached hydrogen (secondary N) is 1. The molecular formula is C22H30Cl2N4O. The molecule has 2 aromatic rings. The zero-order valence-electron chi connectivity index (χ0n) is 16.6. The molecule has 1 aromatic carbocycles. The Morgan fingerprint density at radius 1 is 1.03 bits per heavy atom. The third-order valence-corrected chi connectivity index (χ3v) is 5.78. The van der Waals surface area contributed by atoms with Crippen LogP contribution in [-0.2, 0) is 11.3 Å². The minimum absolute atomic E-state index is 0. The van der Waals surface area contributed by atoms with Gasteiger partial charge in [-0.3, -0.25) is 14.7 Å². The highest BCUT2D eigenvalue weighted by Gasteiger charge is 2.34. The van der Waals surface area contributed by atoms with Crippen molar-refractivity contribution in [2.75, 3.05) is 32.7 Å². The van der Waals surface area contributed by atoms with E-state index in [4.69, 9.17) is 0 Å². The number of likely N-dealkylation sites (tertiary alicyclic amines) is 1. The van der Waals surface area contributed by atoms with Gasteiger partial charge in [0.05, 0.1) is 6.04 Å². The number of carbonyl (C=O) groups is 1. The lowest BCUT2D eigenvalue weighted by Crippen LogP contribution is -2.51. The van der Waals surface area contributed by atoms with Crippen molar-refractivity contribution in [1.29, 1.82) is 0 Å². The molecule has 1 atom stereocenters. The second-order valence-electron chi connectivity index (χ2n) is 7.57. The molecule has 1 amide bonds. The Kier molecular flexibility index (Phi) is 9.37. The van der Waals surface area contributed by atoms with E-state index >= 15 is 0 Å². The number of amides is 1. The zero-order chi connectivity index (χ0) is 18.5. The normalized spacial score (nSPS) is 20.4. The smallest absolute Gasteiger partial charge is 0.226 e. The molecule has 0 bridgehead atoms. The first-order valence-corrected chi connectivity index (χ1v) is 9.98. The van der Waals surface area contributed by atoms with E-state index in [1.165, 1.54) is 5.56 Å². The lowest BCUT2D eigenvalue weighted by atomic mass is 9.93. The van der Waals surface area contributed by atoms with Crippen molar-refractivity contribution < 1.29 is 4.79 Å². The van der Waals surface area contributed by atoms with Crippen LogP contribution in [0.2, 0.25) is 0 Å². The van der Waals surface area contributed by atoms with Crippen molar-refractivity contribution in [2.24, 2.45) is 5.92 Å². The summed E-state index contributed by atoms with van der Waals surface area (Å²) in [6.07, 6.45) is 5.58. The topological polar surface area (TPSA) is 48.5 Å². The van der Waals surface area contributed by atoms with Gasteiger partial charge in [0.25, 0.3) is 0 Å². The minimum atomic E-state index is 0. The first-order chi connectivity index (χ1) is 13.3. The molecule has 2 saturated heterocycles. The van der Waals surface area contributed by atoms with E-state index in [1.807, 2.05) is 12.3 Å². The van der Waals surface area contributed by atoms with E-state index in [2.05, 4.69) is 56.5 Å². The van der Waals surface area contributed by atoms with Gasteiger partial charge >= 0.3 is 0 Å². The Morgan fingerprint density at radius 2 is 1.79 bits per heavy atom. The maximum atomic E-state index is 13.3. The number of piperidine rings is 1. The standard InChI is InChI=1S/C22H28N4O.2ClH/c27-22(26-14-11-24-16-21(26)20-7-4-10-23-15-20)19-8-12-25(13-9-19)17-18-5-2-1-3-6-18;;/h1-7,10,15,19,21,24H,8-9,11-14,16-17H2;2*1H. The second-order valence-corrected chi connectivity index (χ2v) is 7.57. The summed E-state index contributed by atoms with van der Waals surface area (Å²) in [5.74, 6) is 0.471. The Morgan fingerprint density at radius 3 is 2.48 bits per heavy atom. The number of pyridine rings is 1. The molecule has 1 N–H and O–H groups in total. The van der Waals surface area contributed by atoms with Crippen LogP contribution in [0.5, 0.6) is 0 Å². The van der Waals surface area contributed by atoms with Crippen LogP contribution in [0.25, 0.3) is 0 Å². The number of carbonyl (C=O) groups excluding carboxylic acids is 1. The summed E-state index contributed by atoms with van der Waals surface area (Å²) in [5.41, 5.74) is 2.47. The van der Waals surface area contributed by atoms with Crippen molar-refractivity contribution >= 4 is 30.7 Å². The molecule has 2 aliphatic heterocycles. The molecule has 0 saturated carbocycles. The fourth-order valence-electron chi connectivity index (χ4n) is 4.25. The summed E-state index contributed by atoms with van der Waals surface area (Å²) in [6.45, 7) is 5.43. The molecule has 3 heterocycles. The van der Waals surface area contributed by atoms with Crippen LogP contribution in [0.3, 0.4) is 0 Å². The number of rotatable bonds is 4.